The average Bonchev–Trinajstić information content (AvgIpc) is 3.09. The van der Waals surface area contributed by atoms with Crippen molar-refractivity contribution in [1.82, 2.24) is 0 Å². The van der Waals surface area contributed by atoms with Crippen molar-refractivity contribution in [2.24, 2.45) is 0 Å². The number of methoxy groups -OCH3 is 1. The Morgan fingerprint density at radius 2 is 2.22 bits per heavy atom. The Kier molecular flexibility index (Phi) is 4.96. The number of hydrogen-bond donors (Lipinski definition) is 0. The predicted molar refractivity (Wildman–Crippen MR) is 90.7 cm³/mol. The molecule has 1 aromatic heterocycles. The first-order valence-electron chi connectivity index (χ1n) is 8.17. The lowest BCUT2D eigenvalue weighted by Gasteiger charge is -2.24. The van der Waals surface area contributed by atoms with E-state index in [2.05, 4.69) is 12.1 Å². The minimum atomic E-state index is 0.0193. The number of ketones is 1. The lowest BCUT2D eigenvalue weighted by atomic mass is 9.79. The van der Waals surface area contributed by atoms with Crippen LogP contribution in [0.3, 0.4) is 0 Å². The van der Waals surface area contributed by atoms with Crippen molar-refractivity contribution in [3.05, 3.63) is 59.6 Å². The van der Waals surface area contributed by atoms with E-state index in [4.69, 9.17) is 9.15 Å². The van der Waals surface area contributed by atoms with Crippen molar-refractivity contribution in [2.45, 2.75) is 38.0 Å². The van der Waals surface area contributed by atoms with Crippen molar-refractivity contribution in [3.63, 3.8) is 0 Å². The van der Waals surface area contributed by atoms with Gasteiger partial charge in [0.25, 0.3) is 0 Å². The predicted octanol–water partition coefficient (Wildman–Crippen LogP) is 4.77. The molecule has 0 saturated carbocycles. The minimum Gasteiger partial charge on any atom is -0.497 e. The maximum absolute atomic E-state index is 12.3. The molecule has 0 N–H and O–H groups in total. The average molecular weight is 310 g/mol. The lowest BCUT2D eigenvalue weighted by Crippen LogP contribution is -2.20. The van der Waals surface area contributed by atoms with Gasteiger partial charge in [-0.1, -0.05) is 12.1 Å². The van der Waals surface area contributed by atoms with Crippen LogP contribution in [0, 0.1) is 0 Å². The van der Waals surface area contributed by atoms with E-state index in [9.17, 15) is 4.79 Å². The first kappa shape index (κ1) is 15.6. The van der Waals surface area contributed by atoms with Gasteiger partial charge in [0.05, 0.1) is 13.4 Å². The van der Waals surface area contributed by atoms with Gasteiger partial charge >= 0.3 is 0 Å². The summed E-state index contributed by atoms with van der Waals surface area (Å²) in [6, 6.07) is 9.94. The van der Waals surface area contributed by atoms with E-state index in [0.717, 1.165) is 42.8 Å². The molecule has 0 spiro atoms. The van der Waals surface area contributed by atoms with Gasteiger partial charge in [-0.15, -0.1) is 0 Å². The molecule has 120 valence electrons. The number of carbonyl (C=O) groups excluding carboxylic acids is 1. The van der Waals surface area contributed by atoms with Gasteiger partial charge in [-0.2, -0.15) is 0 Å². The van der Waals surface area contributed by atoms with Crippen LogP contribution in [0.25, 0.3) is 6.08 Å². The zero-order chi connectivity index (χ0) is 16.1. The molecule has 3 rings (SSSR count). The summed E-state index contributed by atoms with van der Waals surface area (Å²) < 4.78 is 10.6. The van der Waals surface area contributed by atoms with E-state index < -0.39 is 0 Å². The molecule has 1 aliphatic rings. The van der Waals surface area contributed by atoms with Gasteiger partial charge in [0.2, 0.25) is 0 Å². The van der Waals surface area contributed by atoms with Crippen molar-refractivity contribution in [1.29, 1.82) is 0 Å². The third kappa shape index (κ3) is 3.73. The molecule has 0 bridgehead atoms. The van der Waals surface area contributed by atoms with Crippen LogP contribution in [0.15, 0.2) is 47.1 Å². The number of carbonyl (C=O) groups is 1. The highest BCUT2D eigenvalue weighted by Crippen LogP contribution is 2.35. The number of Topliss-reactive ketones (excluding diaryl/α,β-unsaturated/α-hetero) is 1. The van der Waals surface area contributed by atoms with Crippen LogP contribution in [0.2, 0.25) is 0 Å². The van der Waals surface area contributed by atoms with Crippen LogP contribution in [-0.2, 0) is 11.2 Å². The number of unbranched alkanes of at least 4 members (excludes halogenated alkanes) is 1. The normalized spacial score (nSPS) is 17.4. The number of aryl methyl sites for hydroxylation is 1. The van der Waals surface area contributed by atoms with E-state index >= 15 is 0 Å². The largest absolute Gasteiger partial charge is 0.497 e. The first-order chi connectivity index (χ1) is 11.3. The second kappa shape index (κ2) is 7.32. The number of furan rings is 1. The standard InChI is InChI=1S/C20H22O3/c1-22-17-11-9-15-10-12-20(21)18(19(15)14-17)8-4-2-3-6-16-7-5-13-23-16/h3,5-7,9,11,13-14,18H,2,4,8,10,12H2,1H3. The van der Waals surface area contributed by atoms with Crippen LogP contribution >= 0.6 is 0 Å². The molecular weight excluding hydrogens is 288 g/mol. The summed E-state index contributed by atoms with van der Waals surface area (Å²) in [4.78, 5) is 12.3. The zero-order valence-electron chi connectivity index (χ0n) is 13.5. The maximum Gasteiger partial charge on any atom is 0.140 e. The molecule has 1 atom stereocenters. The second-order valence-corrected chi connectivity index (χ2v) is 5.93. The van der Waals surface area contributed by atoms with Gasteiger partial charge in [-0.05, 0) is 67.2 Å². The Hall–Kier alpha value is -2.29. The molecule has 0 aliphatic heterocycles. The molecule has 1 aromatic carbocycles. The highest BCUT2D eigenvalue weighted by Gasteiger charge is 2.27. The molecule has 2 aromatic rings. The van der Waals surface area contributed by atoms with E-state index in [1.165, 1.54) is 5.56 Å². The molecule has 1 unspecified atom stereocenters. The fourth-order valence-electron chi connectivity index (χ4n) is 3.20. The molecule has 0 fully saturated rings. The Morgan fingerprint density at radius 1 is 1.30 bits per heavy atom. The van der Waals surface area contributed by atoms with Crippen LogP contribution in [0.1, 0.15) is 48.5 Å². The Balaban J connectivity index is 1.62. The van der Waals surface area contributed by atoms with Crippen LogP contribution < -0.4 is 4.74 Å². The van der Waals surface area contributed by atoms with Crippen LogP contribution in [-0.4, -0.2) is 12.9 Å². The number of hydrogen-bond acceptors (Lipinski definition) is 3. The number of allylic oxidation sites excluding steroid dienone is 1. The summed E-state index contributed by atoms with van der Waals surface area (Å²) in [7, 11) is 1.67. The van der Waals surface area contributed by atoms with Crippen molar-refractivity contribution in [3.8, 4) is 5.75 Å². The fraction of sp³-hybridized carbons (Fsp3) is 0.350. The SMILES string of the molecule is COc1ccc2c(c1)C(CCCC=Cc1ccco1)C(=O)CC2. The summed E-state index contributed by atoms with van der Waals surface area (Å²) in [5.74, 6) is 2.08. The third-order valence-corrected chi connectivity index (χ3v) is 4.45. The molecule has 0 saturated heterocycles. The number of rotatable bonds is 6. The number of ether oxygens (including phenoxy) is 1. The van der Waals surface area contributed by atoms with Crippen molar-refractivity contribution in [2.75, 3.05) is 7.11 Å². The highest BCUT2D eigenvalue weighted by molar-refractivity contribution is 5.88. The summed E-state index contributed by atoms with van der Waals surface area (Å²) in [5.41, 5.74) is 2.46. The minimum absolute atomic E-state index is 0.0193. The molecule has 0 radical (unpaired) electrons. The van der Waals surface area contributed by atoms with Crippen LogP contribution in [0.4, 0.5) is 0 Å². The van der Waals surface area contributed by atoms with E-state index in [-0.39, 0.29) is 5.92 Å². The van der Waals surface area contributed by atoms with Crippen molar-refractivity contribution < 1.29 is 13.9 Å². The Labute approximate surface area is 137 Å². The summed E-state index contributed by atoms with van der Waals surface area (Å²) in [5, 5.41) is 0. The summed E-state index contributed by atoms with van der Waals surface area (Å²) in [6.45, 7) is 0. The highest BCUT2D eigenvalue weighted by atomic mass is 16.5. The van der Waals surface area contributed by atoms with Gasteiger partial charge < -0.3 is 9.15 Å². The number of fused-ring (bicyclic) bond motifs is 1. The van der Waals surface area contributed by atoms with Gasteiger partial charge in [-0.25, -0.2) is 0 Å². The number of benzene rings is 1. The lowest BCUT2D eigenvalue weighted by molar-refractivity contribution is -0.121. The monoisotopic (exact) mass is 310 g/mol. The fourth-order valence-corrected chi connectivity index (χ4v) is 3.20. The topological polar surface area (TPSA) is 39.4 Å². The summed E-state index contributed by atoms with van der Waals surface area (Å²) >= 11 is 0. The van der Waals surface area contributed by atoms with E-state index in [0.29, 0.717) is 12.2 Å². The Bertz CT molecular complexity index is 683. The van der Waals surface area contributed by atoms with Gasteiger partial charge in [0.1, 0.15) is 17.3 Å². The quantitative estimate of drug-likeness (QED) is 0.721. The first-order valence-corrected chi connectivity index (χ1v) is 8.17. The third-order valence-electron chi connectivity index (χ3n) is 4.45. The summed E-state index contributed by atoms with van der Waals surface area (Å²) in [6.07, 6.45) is 10.1. The van der Waals surface area contributed by atoms with E-state index in [1.807, 2.05) is 30.3 Å². The molecular formula is C20H22O3. The Morgan fingerprint density at radius 3 is 3.00 bits per heavy atom. The molecule has 1 heterocycles. The molecule has 0 amide bonds. The van der Waals surface area contributed by atoms with Gasteiger partial charge in [0.15, 0.2) is 0 Å². The molecule has 1 aliphatic carbocycles. The van der Waals surface area contributed by atoms with Crippen molar-refractivity contribution >= 4 is 11.9 Å². The maximum atomic E-state index is 12.3. The van der Waals surface area contributed by atoms with Gasteiger partial charge in [-0.3, -0.25) is 4.79 Å². The molecule has 3 nitrogen and oxygen atoms in total. The van der Waals surface area contributed by atoms with Gasteiger partial charge in [0, 0.05) is 12.3 Å². The molecule has 3 heteroatoms. The van der Waals surface area contributed by atoms with E-state index in [1.54, 1.807) is 13.4 Å². The second-order valence-electron chi connectivity index (χ2n) is 5.93. The van der Waals surface area contributed by atoms with Crippen LogP contribution in [0.5, 0.6) is 5.75 Å². The zero-order valence-corrected chi connectivity index (χ0v) is 13.5. The smallest absolute Gasteiger partial charge is 0.140 e. The molecule has 23 heavy (non-hydrogen) atoms.